The summed E-state index contributed by atoms with van der Waals surface area (Å²) in [6, 6.07) is 6.88. The van der Waals surface area contributed by atoms with E-state index < -0.39 is 52.4 Å². The zero-order valence-electron chi connectivity index (χ0n) is 17.2. The summed E-state index contributed by atoms with van der Waals surface area (Å²) >= 11 is 0. The molecular weight excluding hydrogens is 430 g/mol. The molecule has 1 aromatic rings. The molecule has 170 valence electrons. The van der Waals surface area contributed by atoms with Gasteiger partial charge in [-0.15, -0.1) is 4.28 Å². The van der Waals surface area contributed by atoms with Crippen LogP contribution in [-0.2, 0) is 39.8 Å². The zero-order valence-corrected chi connectivity index (χ0v) is 18.0. The first-order valence-electron chi connectivity index (χ1n) is 9.69. The van der Waals surface area contributed by atoms with Crippen molar-refractivity contribution in [3.05, 3.63) is 35.9 Å². The SMILES string of the molecule is CC(C)(COS(=O)(=O)ON1C(=O)N2C[C@H]1CC[C@H]2C(N)=O)C(=O)OCc1ccccc1. The van der Waals surface area contributed by atoms with Crippen LogP contribution >= 0.6 is 0 Å². The van der Waals surface area contributed by atoms with Gasteiger partial charge in [-0.05, 0) is 32.3 Å². The molecule has 3 rings (SSSR count). The highest BCUT2D eigenvalue weighted by molar-refractivity contribution is 7.81. The average molecular weight is 455 g/mol. The Kier molecular flexibility index (Phi) is 6.53. The van der Waals surface area contributed by atoms with Crippen molar-refractivity contribution in [3.8, 4) is 0 Å². The number of hydrogen-bond donors (Lipinski definition) is 1. The molecule has 2 bridgehead atoms. The number of carbonyl (C=O) groups is 3. The number of esters is 1. The Morgan fingerprint density at radius 1 is 1.19 bits per heavy atom. The fraction of sp³-hybridized carbons (Fsp3) is 0.526. The number of primary amides is 1. The molecular formula is C19H25N3O8S. The van der Waals surface area contributed by atoms with E-state index in [0.29, 0.717) is 17.9 Å². The Labute approximate surface area is 180 Å². The van der Waals surface area contributed by atoms with E-state index >= 15 is 0 Å². The lowest BCUT2D eigenvalue weighted by Gasteiger charge is -2.27. The van der Waals surface area contributed by atoms with Crippen LogP contribution in [-0.4, -0.2) is 61.5 Å². The van der Waals surface area contributed by atoms with Gasteiger partial charge >= 0.3 is 22.4 Å². The molecule has 0 unspecified atom stereocenters. The Balaban J connectivity index is 1.55. The molecule has 0 aromatic heterocycles. The van der Waals surface area contributed by atoms with Gasteiger partial charge in [-0.1, -0.05) is 30.3 Å². The van der Waals surface area contributed by atoms with Crippen molar-refractivity contribution >= 4 is 28.3 Å². The highest BCUT2D eigenvalue weighted by Gasteiger charge is 2.49. The molecule has 1 aromatic carbocycles. The second kappa shape index (κ2) is 8.81. The number of amides is 3. The smallest absolute Gasteiger partial charge is 0.421 e. The van der Waals surface area contributed by atoms with Gasteiger partial charge in [0.05, 0.1) is 18.1 Å². The minimum atomic E-state index is -4.65. The first-order valence-corrected chi connectivity index (χ1v) is 11.0. The number of hydroxylamine groups is 2. The minimum Gasteiger partial charge on any atom is -0.460 e. The standard InChI is InChI=1S/C19H25N3O8S/c1-19(2,17(24)28-11-13-6-4-3-5-7-13)12-29-31(26,27)30-22-14-8-9-15(16(20)23)21(10-14)18(22)25/h3-7,14-15H,8-12H2,1-2H3,(H2,20,23)/t14-,15+/m1/s1. The van der Waals surface area contributed by atoms with Crippen molar-refractivity contribution < 1.29 is 36.0 Å². The van der Waals surface area contributed by atoms with Crippen LogP contribution in [0, 0.1) is 5.41 Å². The van der Waals surface area contributed by atoms with Gasteiger partial charge in [0, 0.05) is 6.54 Å². The molecule has 0 spiro atoms. The number of nitrogens with two attached hydrogens (primary N) is 1. The van der Waals surface area contributed by atoms with Crippen LogP contribution in [0.1, 0.15) is 32.3 Å². The third kappa shape index (κ3) is 5.32. The fourth-order valence-corrected chi connectivity index (χ4v) is 4.21. The molecule has 11 nitrogen and oxygen atoms in total. The molecule has 2 aliphatic heterocycles. The molecule has 2 aliphatic rings. The number of piperidine rings is 1. The number of nitrogens with zero attached hydrogens (tertiary/aromatic N) is 2. The lowest BCUT2D eigenvalue weighted by Crippen LogP contribution is -2.47. The normalized spacial score (nSPS) is 21.3. The van der Waals surface area contributed by atoms with Crippen molar-refractivity contribution in [1.29, 1.82) is 0 Å². The van der Waals surface area contributed by atoms with Crippen LogP contribution in [0.25, 0.3) is 0 Å². The van der Waals surface area contributed by atoms with E-state index in [0.717, 1.165) is 5.56 Å². The van der Waals surface area contributed by atoms with Crippen molar-refractivity contribution in [1.82, 2.24) is 9.96 Å². The van der Waals surface area contributed by atoms with E-state index in [4.69, 9.17) is 18.9 Å². The second-order valence-corrected chi connectivity index (χ2v) is 9.30. The van der Waals surface area contributed by atoms with E-state index in [1.54, 1.807) is 24.3 Å². The second-order valence-electron chi connectivity index (χ2n) is 8.10. The summed E-state index contributed by atoms with van der Waals surface area (Å²) in [6.07, 6.45) is 0.662. The third-order valence-electron chi connectivity index (χ3n) is 5.15. The van der Waals surface area contributed by atoms with Gasteiger partial charge in [-0.25, -0.2) is 8.98 Å². The van der Waals surface area contributed by atoms with Gasteiger partial charge in [-0.3, -0.25) is 9.59 Å². The van der Waals surface area contributed by atoms with Crippen molar-refractivity contribution in [2.45, 2.75) is 45.4 Å². The Morgan fingerprint density at radius 2 is 1.87 bits per heavy atom. The number of fused-ring (bicyclic) bond motifs is 2. The molecule has 3 amide bonds. The minimum absolute atomic E-state index is 0.0349. The van der Waals surface area contributed by atoms with Crippen molar-refractivity contribution in [3.63, 3.8) is 0 Å². The largest absolute Gasteiger partial charge is 0.460 e. The lowest BCUT2D eigenvalue weighted by molar-refractivity contribution is -0.157. The van der Waals surface area contributed by atoms with Crippen LogP contribution in [0.3, 0.4) is 0 Å². The number of hydrogen-bond acceptors (Lipinski definition) is 8. The number of carbonyl (C=O) groups excluding carboxylic acids is 3. The molecule has 0 saturated carbocycles. The number of urea groups is 1. The molecule has 2 fully saturated rings. The van der Waals surface area contributed by atoms with Gasteiger partial charge in [-0.2, -0.15) is 13.5 Å². The van der Waals surface area contributed by atoms with Gasteiger partial charge in [0.15, 0.2) is 0 Å². The van der Waals surface area contributed by atoms with Gasteiger partial charge in [0.2, 0.25) is 5.91 Å². The Hall–Kier alpha value is -2.70. The highest BCUT2D eigenvalue weighted by Crippen LogP contribution is 2.31. The molecule has 2 heterocycles. The van der Waals surface area contributed by atoms with Crippen molar-refractivity contribution in [2.24, 2.45) is 11.1 Å². The molecule has 31 heavy (non-hydrogen) atoms. The third-order valence-corrected chi connectivity index (χ3v) is 5.90. The summed E-state index contributed by atoms with van der Waals surface area (Å²) in [5.41, 5.74) is 4.78. The van der Waals surface area contributed by atoms with E-state index in [9.17, 15) is 22.8 Å². The first kappa shape index (κ1) is 23.0. The summed E-state index contributed by atoms with van der Waals surface area (Å²) < 4.78 is 39.5. The van der Waals surface area contributed by atoms with Gasteiger partial charge < -0.3 is 15.4 Å². The van der Waals surface area contributed by atoms with E-state index in [-0.39, 0.29) is 13.2 Å². The fourth-order valence-electron chi connectivity index (χ4n) is 3.34. The summed E-state index contributed by atoms with van der Waals surface area (Å²) in [5, 5.41) is 0.680. The lowest BCUT2D eigenvalue weighted by atomic mass is 9.95. The first-order chi connectivity index (χ1) is 14.5. The maximum atomic E-state index is 12.4. The maximum absolute atomic E-state index is 12.4. The predicted octanol–water partition coefficient (Wildman–Crippen LogP) is 0.703. The number of ether oxygens (including phenoxy) is 1. The van der Waals surface area contributed by atoms with E-state index in [1.165, 1.54) is 18.7 Å². The number of rotatable bonds is 9. The van der Waals surface area contributed by atoms with Crippen LogP contribution in [0.5, 0.6) is 0 Å². The Morgan fingerprint density at radius 3 is 2.52 bits per heavy atom. The number of benzene rings is 1. The maximum Gasteiger partial charge on any atom is 0.421 e. The molecule has 12 heteroatoms. The summed E-state index contributed by atoms with van der Waals surface area (Å²) in [7, 11) is -4.65. The van der Waals surface area contributed by atoms with E-state index in [1.807, 2.05) is 6.07 Å². The van der Waals surface area contributed by atoms with Crippen LogP contribution in [0.4, 0.5) is 4.79 Å². The molecule has 2 N–H and O–H groups in total. The van der Waals surface area contributed by atoms with Gasteiger partial charge in [0.25, 0.3) is 0 Å². The summed E-state index contributed by atoms with van der Waals surface area (Å²) in [5.74, 6) is -1.32. The van der Waals surface area contributed by atoms with Crippen LogP contribution < -0.4 is 5.73 Å². The average Bonchev–Trinajstić information content (AvgIpc) is 2.95. The zero-order chi connectivity index (χ0) is 22.8. The molecule has 0 aliphatic carbocycles. The molecule has 0 radical (unpaired) electrons. The van der Waals surface area contributed by atoms with E-state index in [2.05, 4.69) is 0 Å². The summed E-state index contributed by atoms with van der Waals surface area (Å²) in [6.45, 7) is 2.54. The van der Waals surface area contributed by atoms with Gasteiger partial charge in [0.1, 0.15) is 12.6 Å². The highest BCUT2D eigenvalue weighted by atomic mass is 32.3. The summed E-state index contributed by atoms with van der Waals surface area (Å²) in [4.78, 5) is 37.4. The quantitative estimate of drug-likeness (QED) is 0.536. The van der Waals surface area contributed by atoms with Crippen LogP contribution in [0.2, 0.25) is 0 Å². The molecule has 2 atom stereocenters. The predicted molar refractivity (Wildman–Crippen MR) is 106 cm³/mol. The topological polar surface area (TPSA) is 146 Å². The van der Waals surface area contributed by atoms with Crippen molar-refractivity contribution in [2.75, 3.05) is 13.2 Å². The monoisotopic (exact) mass is 455 g/mol. The Bertz CT molecular complexity index is 950. The molecule has 2 saturated heterocycles. The van der Waals surface area contributed by atoms with Crippen LogP contribution in [0.15, 0.2) is 30.3 Å².